The predicted molar refractivity (Wildman–Crippen MR) is 213 cm³/mol. The van der Waals surface area contributed by atoms with Crippen molar-refractivity contribution >= 4 is 27.8 Å². The van der Waals surface area contributed by atoms with Gasteiger partial charge in [0, 0.05) is 33.4 Å². The molecule has 0 saturated heterocycles. The number of fused-ring (bicyclic) bond motifs is 5. The Morgan fingerprint density at radius 2 is 1.02 bits per heavy atom. The van der Waals surface area contributed by atoms with E-state index >= 15 is 0 Å². The molecular formula is C49H35NO. The van der Waals surface area contributed by atoms with Crippen LogP contribution in [-0.2, 0) is 5.41 Å². The molecule has 0 fully saturated rings. The molecular weight excluding hydrogens is 619 g/mol. The molecule has 1 aliphatic heterocycles. The van der Waals surface area contributed by atoms with E-state index in [9.17, 15) is 0 Å². The van der Waals surface area contributed by atoms with Gasteiger partial charge in [-0.15, -0.1) is 0 Å². The maximum absolute atomic E-state index is 6.65. The van der Waals surface area contributed by atoms with Gasteiger partial charge in [-0.05, 0) is 110 Å². The van der Waals surface area contributed by atoms with Gasteiger partial charge in [-0.25, -0.2) is 0 Å². The lowest BCUT2D eigenvalue weighted by molar-refractivity contribution is 0.487. The van der Waals surface area contributed by atoms with E-state index < -0.39 is 0 Å². The molecule has 8 aromatic carbocycles. The van der Waals surface area contributed by atoms with E-state index in [1.54, 1.807) is 0 Å². The standard InChI is InChI=1S/C49H35NO/c1-49(2)44-19-10-9-16-39(44)40-27-25-37(31-45(40)49)50(35-14-7-4-8-15-35)36-23-20-32(21-24-36)34-22-26-41-43-18-11-17-42-38(33-12-5-3-6-13-33)28-29-46(48(42)43)51-47(41)30-34/h3-31H,1-2H3. The zero-order chi connectivity index (χ0) is 34.1. The van der Waals surface area contributed by atoms with Crippen LogP contribution in [-0.4, -0.2) is 0 Å². The highest BCUT2D eigenvalue weighted by molar-refractivity contribution is 6.10. The fraction of sp³-hybridized carbons (Fsp3) is 0.0612. The fourth-order valence-corrected chi connectivity index (χ4v) is 8.34. The number of para-hydroxylation sites is 1. The average Bonchev–Trinajstić information content (AvgIpc) is 3.41. The van der Waals surface area contributed by atoms with Crippen LogP contribution in [0.3, 0.4) is 0 Å². The van der Waals surface area contributed by atoms with Gasteiger partial charge in [-0.2, -0.15) is 0 Å². The Morgan fingerprint density at radius 3 is 1.84 bits per heavy atom. The molecule has 2 heteroatoms. The van der Waals surface area contributed by atoms with E-state index in [-0.39, 0.29) is 5.41 Å². The van der Waals surface area contributed by atoms with Crippen LogP contribution in [0, 0.1) is 0 Å². The van der Waals surface area contributed by atoms with Crippen molar-refractivity contribution in [2.75, 3.05) is 4.90 Å². The summed E-state index contributed by atoms with van der Waals surface area (Å²) in [6, 6.07) is 63.5. The second-order valence-electron chi connectivity index (χ2n) is 14.1. The van der Waals surface area contributed by atoms with Gasteiger partial charge in [0.15, 0.2) is 0 Å². The van der Waals surface area contributed by atoms with Gasteiger partial charge in [0.05, 0.1) is 0 Å². The molecule has 0 spiro atoms. The van der Waals surface area contributed by atoms with Crippen molar-refractivity contribution in [1.29, 1.82) is 0 Å². The smallest absolute Gasteiger partial charge is 0.135 e. The summed E-state index contributed by atoms with van der Waals surface area (Å²) in [6.07, 6.45) is 0. The van der Waals surface area contributed by atoms with Crippen LogP contribution >= 0.6 is 0 Å². The van der Waals surface area contributed by atoms with E-state index in [2.05, 4.69) is 195 Å². The van der Waals surface area contributed by atoms with Gasteiger partial charge in [-0.3, -0.25) is 0 Å². The third-order valence-corrected chi connectivity index (χ3v) is 10.9. The molecule has 10 rings (SSSR count). The van der Waals surface area contributed by atoms with Gasteiger partial charge in [0.1, 0.15) is 11.5 Å². The average molecular weight is 654 g/mol. The molecule has 0 N–H and O–H groups in total. The molecule has 0 saturated carbocycles. The summed E-state index contributed by atoms with van der Waals surface area (Å²) in [5.74, 6) is 1.79. The second kappa shape index (κ2) is 11.3. The van der Waals surface area contributed by atoms with Crippen LogP contribution in [0.2, 0.25) is 0 Å². The molecule has 242 valence electrons. The van der Waals surface area contributed by atoms with Crippen molar-refractivity contribution in [2.45, 2.75) is 19.3 Å². The monoisotopic (exact) mass is 653 g/mol. The highest BCUT2D eigenvalue weighted by Gasteiger charge is 2.35. The first-order chi connectivity index (χ1) is 25.0. The normalized spacial score (nSPS) is 13.2. The van der Waals surface area contributed by atoms with Crippen LogP contribution in [0.5, 0.6) is 11.5 Å². The van der Waals surface area contributed by atoms with Crippen molar-refractivity contribution in [3.63, 3.8) is 0 Å². The number of hydrogen-bond acceptors (Lipinski definition) is 2. The first kappa shape index (κ1) is 29.5. The number of nitrogens with zero attached hydrogens (tertiary/aromatic N) is 1. The Labute approximate surface area is 298 Å². The fourth-order valence-electron chi connectivity index (χ4n) is 8.34. The third kappa shape index (κ3) is 4.64. The van der Waals surface area contributed by atoms with E-state index in [0.717, 1.165) is 45.3 Å². The quantitative estimate of drug-likeness (QED) is 0.183. The summed E-state index contributed by atoms with van der Waals surface area (Å²) in [4.78, 5) is 2.36. The molecule has 0 unspecified atom stereocenters. The SMILES string of the molecule is CC1(C)c2ccccc2-c2ccc(N(c3ccccc3)c3ccc(-c4ccc5c(c4)Oc4ccc(-c6ccccc6)c6cccc-5c46)cc3)cc21. The van der Waals surface area contributed by atoms with Crippen LogP contribution < -0.4 is 9.64 Å². The highest BCUT2D eigenvalue weighted by atomic mass is 16.5. The Bertz CT molecular complexity index is 2620. The Kier molecular flexibility index (Phi) is 6.56. The number of anilines is 3. The van der Waals surface area contributed by atoms with Crippen molar-refractivity contribution < 1.29 is 4.74 Å². The minimum Gasteiger partial charge on any atom is -0.456 e. The topological polar surface area (TPSA) is 12.5 Å². The Balaban J connectivity index is 1.01. The minimum absolute atomic E-state index is 0.0705. The first-order valence-electron chi connectivity index (χ1n) is 17.7. The van der Waals surface area contributed by atoms with E-state index in [0.29, 0.717) is 0 Å². The second-order valence-corrected chi connectivity index (χ2v) is 14.1. The van der Waals surface area contributed by atoms with Gasteiger partial charge < -0.3 is 9.64 Å². The van der Waals surface area contributed by atoms with Crippen LogP contribution in [0.4, 0.5) is 17.1 Å². The lowest BCUT2D eigenvalue weighted by Crippen LogP contribution is -2.16. The summed E-state index contributed by atoms with van der Waals surface area (Å²) in [6.45, 7) is 4.68. The summed E-state index contributed by atoms with van der Waals surface area (Å²) in [5, 5.41) is 2.38. The Hall–Kier alpha value is -6.38. The highest BCUT2D eigenvalue weighted by Crippen LogP contribution is 2.52. The molecule has 0 bridgehead atoms. The summed E-state index contributed by atoms with van der Waals surface area (Å²) in [5.41, 5.74) is 15.8. The zero-order valence-corrected chi connectivity index (χ0v) is 28.6. The Morgan fingerprint density at radius 1 is 0.392 bits per heavy atom. The number of benzene rings is 8. The van der Waals surface area contributed by atoms with Gasteiger partial charge in [0.2, 0.25) is 0 Å². The van der Waals surface area contributed by atoms with Crippen LogP contribution in [0.25, 0.3) is 55.3 Å². The molecule has 1 heterocycles. The van der Waals surface area contributed by atoms with E-state index in [4.69, 9.17) is 4.74 Å². The molecule has 2 nitrogen and oxygen atoms in total. The largest absolute Gasteiger partial charge is 0.456 e. The number of rotatable bonds is 5. The van der Waals surface area contributed by atoms with Crippen LogP contribution in [0.15, 0.2) is 176 Å². The molecule has 0 radical (unpaired) electrons. The van der Waals surface area contributed by atoms with Crippen LogP contribution in [0.1, 0.15) is 25.0 Å². The zero-order valence-electron chi connectivity index (χ0n) is 28.6. The van der Waals surface area contributed by atoms with Gasteiger partial charge in [0.25, 0.3) is 0 Å². The molecule has 1 aliphatic carbocycles. The van der Waals surface area contributed by atoms with Gasteiger partial charge in [-0.1, -0.05) is 135 Å². The summed E-state index contributed by atoms with van der Waals surface area (Å²) < 4.78 is 6.65. The molecule has 2 aliphatic rings. The van der Waals surface area contributed by atoms with Crippen molar-refractivity contribution in [1.82, 2.24) is 0 Å². The summed E-state index contributed by atoms with van der Waals surface area (Å²) in [7, 11) is 0. The number of ether oxygens (including phenoxy) is 1. The minimum atomic E-state index is -0.0705. The molecule has 0 aromatic heterocycles. The van der Waals surface area contributed by atoms with Crippen molar-refractivity contribution in [2.24, 2.45) is 0 Å². The lowest BCUT2D eigenvalue weighted by Gasteiger charge is -2.28. The maximum atomic E-state index is 6.65. The van der Waals surface area contributed by atoms with E-state index in [1.165, 1.54) is 49.7 Å². The molecule has 0 amide bonds. The molecule has 0 atom stereocenters. The summed E-state index contributed by atoms with van der Waals surface area (Å²) >= 11 is 0. The maximum Gasteiger partial charge on any atom is 0.135 e. The predicted octanol–water partition coefficient (Wildman–Crippen LogP) is 13.7. The van der Waals surface area contributed by atoms with Crippen molar-refractivity contribution in [3.8, 4) is 56.0 Å². The lowest BCUT2D eigenvalue weighted by atomic mass is 9.82. The first-order valence-corrected chi connectivity index (χ1v) is 17.7. The molecule has 8 aromatic rings. The van der Waals surface area contributed by atoms with Gasteiger partial charge >= 0.3 is 0 Å². The van der Waals surface area contributed by atoms with Crippen molar-refractivity contribution in [3.05, 3.63) is 187 Å². The molecule has 51 heavy (non-hydrogen) atoms. The third-order valence-electron chi connectivity index (χ3n) is 10.9. The van der Waals surface area contributed by atoms with E-state index in [1.807, 2.05) is 0 Å². The number of hydrogen-bond donors (Lipinski definition) is 0.